The first-order valence-electron chi connectivity index (χ1n) is 10.2. The van der Waals surface area contributed by atoms with E-state index in [4.69, 9.17) is 25.8 Å². The summed E-state index contributed by atoms with van der Waals surface area (Å²) in [5.41, 5.74) is 2.32. The summed E-state index contributed by atoms with van der Waals surface area (Å²) < 4.78 is 18.8. The lowest BCUT2D eigenvalue weighted by Gasteiger charge is -2.39. The van der Waals surface area contributed by atoms with Gasteiger partial charge in [-0.05, 0) is 36.6 Å². The van der Waals surface area contributed by atoms with Gasteiger partial charge in [-0.3, -0.25) is 4.99 Å². The van der Waals surface area contributed by atoms with Gasteiger partial charge in [0.2, 0.25) is 6.79 Å². The second-order valence-corrected chi connectivity index (χ2v) is 8.41. The fourth-order valence-corrected chi connectivity index (χ4v) is 4.50. The number of aliphatic imine (C=N–C) groups is 1. The first-order valence-corrected chi connectivity index (χ1v) is 10.6. The molecule has 0 radical (unpaired) electrons. The molecule has 2 aliphatic rings. The van der Waals surface area contributed by atoms with E-state index < -0.39 is 0 Å². The number of aryl methyl sites for hydroxylation is 1. The summed E-state index contributed by atoms with van der Waals surface area (Å²) in [5.74, 6) is 2.48. The molecule has 31 heavy (non-hydrogen) atoms. The van der Waals surface area contributed by atoms with E-state index >= 15 is 0 Å². The second kappa shape index (κ2) is 10.3. The monoisotopic (exact) mass is 560 g/mol. The lowest BCUT2D eigenvalue weighted by Crippen LogP contribution is -2.48. The maximum absolute atomic E-state index is 6.14. The van der Waals surface area contributed by atoms with E-state index in [-0.39, 0.29) is 36.2 Å². The standard InChI is InChI=1S/C22H29ClN4O3.HI/c1-24-21(27(3)13-18-11-17(23)12-26(18)2)25-14-22(6-8-28-9-7-22)16-4-5-19-20(10-16)30-15-29-19;/h4-5,10-12H,6-9,13-15H2,1-3H3,(H,24,25);1H. The SMILES string of the molecule is CN=C(NCC1(c2ccc3c(c2)OCO3)CCOCC1)N(C)Cc1cc(Cl)cn1C.I. The summed E-state index contributed by atoms with van der Waals surface area (Å²) >= 11 is 6.14. The largest absolute Gasteiger partial charge is 0.454 e. The Labute approximate surface area is 205 Å². The van der Waals surface area contributed by atoms with Crippen LogP contribution in [0.25, 0.3) is 0 Å². The van der Waals surface area contributed by atoms with Crippen molar-refractivity contribution in [2.75, 3.05) is 40.6 Å². The number of fused-ring (bicyclic) bond motifs is 1. The molecule has 1 aromatic carbocycles. The number of hydrogen-bond donors (Lipinski definition) is 1. The molecule has 4 rings (SSSR count). The minimum Gasteiger partial charge on any atom is -0.454 e. The van der Waals surface area contributed by atoms with Gasteiger partial charge in [0.05, 0.1) is 11.6 Å². The molecule has 1 aromatic heterocycles. The fourth-order valence-electron chi connectivity index (χ4n) is 4.23. The molecule has 7 nitrogen and oxygen atoms in total. The smallest absolute Gasteiger partial charge is 0.231 e. The number of ether oxygens (including phenoxy) is 3. The summed E-state index contributed by atoms with van der Waals surface area (Å²) in [5, 5.41) is 4.34. The number of halogens is 2. The van der Waals surface area contributed by atoms with Gasteiger partial charge in [0, 0.05) is 58.2 Å². The first kappa shape index (κ1) is 24.0. The maximum atomic E-state index is 6.14. The van der Waals surface area contributed by atoms with Crippen LogP contribution in [0.2, 0.25) is 5.02 Å². The van der Waals surface area contributed by atoms with Crippen LogP contribution in [0.1, 0.15) is 24.1 Å². The predicted molar refractivity (Wildman–Crippen MR) is 133 cm³/mol. The van der Waals surface area contributed by atoms with Crippen molar-refractivity contribution < 1.29 is 14.2 Å². The molecule has 0 bridgehead atoms. The summed E-state index contributed by atoms with van der Waals surface area (Å²) in [6.07, 6.45) is 3.79. The highest BCUT2D eigenvalue weighted by Gasteiger charge is 2.36. The zero-order valence-corrected chi connectivity index (χ0v) is 21.3. The zero-order chi connectivity index (χ0) is 21.1. The average Bonchev–Trinajstić information content (AvgIpc) is 3.34. The normalized spacial score (nSPS) is 17.2. The van der Waals surface area contributed by atoms with E-state index in [2.05, 4.69) is 27.3 Å². The van der Waals surface area contributed by atoms with Crippen LogP contribution in [0.4, 0.5) is 0 Å². The minimum absolute atomic E-state index is 0. The van der Waals surface area contributed by atoms with Gasteiger partial charge in [-0.2, -0.15) is 0 Å². The number of benzene rings is 1. The van der Waals surface area contributed by atoms with Gasteiger partial charge in [0.15, 0.2) is 17.5 Å². The van der Waals surface area contributed by atoms with Crippen LogP contribution in [-0.4, -0.2) is 56.1 Å². The lowest BCUT2D eigenvalue weighted by atomic mass is 9.74. The number of nitrogens with zero attached hydrogens (tertiary/aromatic N) is 3. The van der Waals surface area contributed by atoms with E-state index in [1.54, 1.807) is 0 Å². The van der Waals surface area contributed by atoms with Gasteiger partial charge in [-0.25, -0.2) is 0 Å². The van der Waals surface area contributed by atoms with Gasteiger partial charge in [0.25, 0.3) is 0 Å². The van der Waals surface area contributed by atoms with E-state index in [1.165, 1.54) is 5.56 Å². The first-order chi connectivity index (χ1) is 14.5. The van der Waals surface area contributed by atoms with Gasteiger partial charge in [0.1, 0.15) is 0 Å². The quantitative estimate of drug-likeness (QED) is 0.343. The van der Waals surface area contributed by atoms with Crippen molar-refractivity contribution in [2.24, 2.45) is 12.0 Å². The van der Waals surface area contributed by atoms with Crippen LogP contribution in [0.3, 0.4) is 0 Å². The highest BCUT2D eigenvalue weighted by Crippen LogP contribution is 2.40. The molecule has 0 saturated carbocycles. The van der Waals surface area contributed by atoms with E-state index in [1.807, 2.05) is 44.0 Å². The molecule has 9 heteroatoms. The molecule has 1 saturated heterocycles. The minimum atomic E-state index is -0.0513. The van der Waals surface area contributed by atoms with Crippen LogP contribution < -0.4 is 14.8 Å². The van der Waals surface area contributed by atoms with Crippen molar-refractivity contribution in [3.8, 4) is 11.5 Å². The summed E-state index contributed by atoms with van der Waals surface area (Å²) in [6, 6.07) is 8.26. The van der Waals surface area contributed by atoms with Gasteiger partial charge >= 0.3 is 0 Å². The van der Waals surface area contributed by atoms with E-state index in [0.29, 0.717) is 6.54 Å². The topological polar surface area (TPSA) is 60.3 Å². The van der Waals surface area contributed by atoms with Gasteiger partial charge < -0.3 is 29.0 Å². The molecule has 0 spiro atoms. The van der Waals surface area contributed by atoms with E-state index in [9.17, 15) is 0 Å². The predicted octanol–water partition coefficient (Wildman–Crippen LogP) is 3.78. The van der Waals surface area contributed by atoms with Crippen molar-refractivity contribution in [1.82, 2.24) is 14.8 Å². The van der Waals surface area contributed by atoms with Crippen LogP contribution in [0.15, 0.2) is 35.5 Å². The van der Waals surface area contributed by atoms with Crippen LogP contribution in [-0.2, 0) is 23.7 Å². The van der Waals surface area contributed by atoms with Crippen molar-refractivity contribution >= 4 is 41.5 Å². The Morgan fingerprint density at radius 2 is 1.97 bits per heavy atom. The van der Waals surface area contributed by atoms with Crippen LogP contribution in [0.5, 0.6) is 11.5 Å². The Kier molecular flexibility index (Phi) is 7.98. The van der Waals surface area contributed by atoms with Crippen molar-refractivity contribution in [1.29, 1.82) is 0 Å². The Bertz CT molecular complexity index is 927. The van der Waals surface area contributed by atoms with Gasteiger partial charge in [-0.15, -0.1) is 24.0 Å². The molecule has 2 aromatic rings. The average molecular weight is 561 g/mol. The molecule has 1 fully saturated rings. The fraction of sp³-hybridized carbons (Fsp3) is 0.500. The van der Waals surface area contributed by atoms with Gasteiger partial charge in [-0.1, -0.05) is 17.7 Å². The number of nitrogens with one attached hydrogen (secondary N) is 1. The molecule has 1 N–H and O–H groups in total. The molecule has 2 aliphatic heterocycles. The number of aromatic nitrogens is 1. The Balaban J connectivity index is 0.00000272. The summed E-state index contributed by atoms with van der Waals surface area (Å²) in [6.45, 7) is 3.25. The molecule has 0 atom stereocenters. The number of guanidine groups is 1. The molecule has 3 heterocycles. The summed E-state index contributed by atoms with van der Waals surface area (Å²) in [7, 11) is 5.85. The third kappa shape index (κ3) is 5.23. The second-order valence-electron chi connectivity index (χ2n) is 7.98. The lowest BCUT2D eigenvalue weighted by molar-refractivity contribution is 0.0511. The molecule has 0 unspecified atom stereocenters. The molecular weight excluding hydrogens is 531 g/mol. The highest BCUT2D eigenvalue weighted by atomic mass is 127. The van der Waals surface area contributed by atoms with Crippen molar-refractivity contribution in [3.05, 3.63) is 46.7 Å². The highest BCUT2D eigenvalue weighted by molar-refractivity contribution is 14.0. The zero-order valence-electron chi connectivity index (χ0n) is 18.2. The molecule has 170 valence electrons. The maximum Gasteiger partial charge on any atom is 0.231 e. The van der Waals surface area contributed by atoms with Crippen LogP contribution >= 0.6 is 35.6 Å². The van der Waals surface area contributed by atoms with E-state index in [0.717, 1.165) is 60.8 Å². The van der Waals surface area contributed by atoms with Crippen molar-refractivity contribution in [2.45, 2.75) is 24.8 Å². The molecule has 0 amide bonds. The number of hydrogen-bond acceptors (Lipinski definition) is 4. The Morgan fingerprint density at radius 3 is 2.65 bits per heavy atom. The Morgan fingerprint density at radius 1 is 1.23 bits per heavy atom. The Hall–Kier alpha value is -1.65. The number of rotatable bonds is 5. The molecular formula is C22H30ClIN4O3. The van der Waals surface area contributed by atoms with Crippen LogP contribution in [0, 0.1) is 0 Å². The van der Waals surface area contributed by atoms with Crippen molar-refractivity contribution in [3.63, 3.8) is 0 Å². The third-order valence-corrected chi connectivity index (χ3v) is 6.27. The molecule has 0 aliphatic carbocycles. The third-order valence-electron chi connectivity index (χ3n) is 6.07. The summed E-state index contributed by atoms with van der Waals surface area (Å²) in [4.78, 5) is 6.61.